The average Bonchev–Trinajstić information content (AvgIpc) is 3.29. The number of cyclic esters (lactones) is 1. The predicted molar refractivity (Wildman–Crippen MR) is 253 cm³/mol. The normalized spacial score (nSPS) is 42.9. The molecule has 2 amide bonds. The fourth-order valence-electron chi connectivity index (χ4n) is 8.24. The number of nitrogens with two attached hydrogens (primary N) is 1. The second kappa shape index (κ2) is 30.0. The number of allylic oxidation sites excluding steroid dienone is 12. The second-order valence-electron chi connectivity index (χ2n) is 18.3. The van der Waals surface area contributed by atoms with Crippen LogP contribution in [0.3, 0.4) is 0 Å². The highest BCUT2D eigenvalue weighted by Crippen LogP contribution is 2.38. The molecule has 2 fully saturated rings. The van der Waals surface area contributed by atoms with Crippen LogP contribution in [0.25, 0.3) is 0 Å². The van der Waals surface area contributed by atoms with Gasteiger partial charge in [0, 0.05) is 37.5 Å². The average molecular weight is 996 g/mol. The Kier molecular flexibility index (Phi) is 25.8. The zero-order chi connectivity index (χ0) is 52.1. The molecular formula is C49H77N3O18. The van der Waals surface area contributed by atoms with E-state index >= 15 is 0 Å². The molecule has 0 saturated carbocycles. The van der Waals surface area contributed by atoms with Crippen molar-refractivity contribution in [2.45, 2.75) is 177 Å². The molecule has 396 valence electrons. The van der Waals surface area contributed by atoms with Crippen molar-refractivity contribution in [1.82, 2.24) is 10.9 Å². The van der Waals surface area contributed by atoms with Gasteiger partial charge >= 0.3 is 12.1 Å². The number of nitrogens with one attached hydrogen (secondary N) is 2. The van der Waals surface area contributed by atoms with Gasteiger partial charge in [-0.05, 0) is 33.1 Å². The first-order valence-corrected chi connectivity index (χ1v) is 23.7. The minimum atomic E-state index is -2.37. The lowest BCUT2D eigenvalue weighted by Gasteiger charge is -2.46. The number of aliphatic hydroxyl groups is 10. The third-order valence-electron chi connectivity index (χ3n) is 12.5. The first kappa shape index (κ1) is 60.1. The van der Waals surface area contributed by atoms with E-state index in [-0.39, 0.29) is 31.6 Å². The van der Waals surface area contributed by atoms with E-state index in [1.165, 1.54) is 13.0 Å². The summed E-state index contributed by atoms with van der Waals surface area (Å²) in [4.78, 5) is 38.0. The molecule has 3 aliphatic heterocycles. The van der Waals surface area contributed by atoms with Crippen LogP contribution >= 0.6 is 0 Å². The highest BCUT2D eigenvalue weighted by atomic mass is 16.7. The van der Waals surface area contributed by atoms with Gasteiger partial charge in [-0.25, -0.2) is 10.2 Å². The van der Waals surface area contributed by atoms with Gasteiger partial charge in [-0.1, -0.05) is 98.9 Å². The van der Waals surface area contributed by atoms with Crippen molar-refractivity contribution in [1.29, 1.82) is 0 Å². The van der Waals surface area contributed by atoms with Crippen LogP contribution in [0.4, 0.5) is 4.79 Å². The van der Waals surface area contributed by atoms with E-state index in [1.807, 2.05) is 18.4 Å². The van der Waals surface area contributed by atoms with Crippen molar-refractivity contribution >= 4 is 18.0 Å². The smallest absolute Gasteiger partial charge is 0.425 e. The van der Waals surface area contributed by atoms with Crippen molar-refractivity contribution in [3.8, 4) is 0 Å². The molecule has 70 heavy (non-hydrogen) atoms. The maximum Gasteiger partial charge on any atom is 0.425 e. The summed E-state index contributed by atoms with van der Waals surface area (Å²) in [5, 5.41) is 109. The molecule has 0 aromatic rings. The number of fused-ring (bicyclic) bond motifs is 2. The molecule has 21 heteroatoms. The fraction of sp³-hybridized carbons (Fsp3) is 0.653. The maximum atomic E-state index is 13.5. The van der Waals surface area contributed by atoms with E-state index in [1.54, 1.807) is 86.8 Å². The van der Waals surface area contributed by atoms with Gasteiger partial charge in [-0.15, -0.1) is 0 Å². The molecule has 0 radical (unpaired) electrons. The molecule has 2 saturated heterocycles. The third kappa shape index (κ3) is 20.1. The Labute approximate surface area is 409 Å². The van der Waals surface area contributed by atoms with Crippen molar-refractivity contribution in [2.75, 3.05) is 7.11 Å². The molecule has 19 atom stereocenters. The number of hydrogen-bond donors (Lipinski definition) is 13. The minimum absolute atomic E-state index is 0.123. The van der Waals surface area contributed by atoms with Crippen LogP contribution in [-0.4, -0.2) is 174 Å². The molecule has 14 N–H and O–H groups in total. The first-order valence-electron chi connectivity index (χ1n) is 23.7. The zero-order valence-electron chi connectivity index (χ0n) is 40.4. The van der Waals surface area contributed by atoms with Gasteiger partial charge in [0.05, 0.1) is 92.6 Å². The monoisotopic (exact) mass is 996 g/mol. The standard InChI is InChI=1S/C49H77N3O18/c1-28-18-16-14-12-10-8-6-7-9-11-13-15-17-19-35(69-47-45(62)42(50)44(61)31(4)68-47)25-39-41(46(63)51-52-48(64)66-5)38(58)27-49(65,70-39)26-34(55)23-37(57)36(56)21-20-32(53)22-33(54)24-40(59)67-30(3)29(2)43(28)60/h6-19,28-39,41-45,47,53-58,60-62,65H,20-27,50H2,1-5H3,(H,51,63)(H,52,64)/b7-6-,10-8-,11-9-,14-12-,15-13-,18-16-,19-17+/t28-,29-,30-,31+,32+,33+,34-,35-,36+,37+,38-,39-,41+,42-,43+,44+,45-,47-,49+/m0/s1. The Morgan fingerprint density at radius 1 is 0.671 bits per heavy atom. The van der Waals surface area contributed by atoms with Crippen molar-refractivity contribution in [2.24, 2.45) is 23.5 Å². The predicted octanol–water partition coefficient (Wildman–Crippen LogP) is 0.0143. The van der Waals surface area contributed by atoms with E-state index in [4.69, 9.17) is 24.7 Å². The lowest BCUT2D eigenvalue weighted by molar-refractivity contribution is -0.307. The van der Waals surface area contributed by atoms with Crippen LogP contribution < -0.4 is 16.6 Å². The summed E-state index contributed by atoms with van der Waals surface area (Å²) in [6.45, 7) is 6.73. The summed E-state index contributed by atoms with van der Waals surface area (Å²) in [5.74, 6) is -6.34. The summed E-state index contributed by atoms with van der Waals surface area (Å²) < 4.78 is 28.0. The Hall–Kier alpha value is -4.17. The van der Waals surface area contributed by atoms with Gasteiger partial charge in [-0.2, -0.15) is 0 Å². The number of aliphatic hydroxyl groups excluding tert-OH is 9. The number of carbonyl (C=O) groups excluding carboxylic acids is 3. The van der Waals surface area contributed by atoms with Gasteiger partial charge in [0.15, 0.2) is 12.1 Å². The Morgan fingerprint density at radius 3 is 1.86 bits per heavy atom. The zero-order valence-corrected chi connectivity index (χ0v) is 40.4. The highest BCUT2D eigenvalue weighted by molar-refractivity contribution is 5.82. The number of ether oxygens (including phenoxy) is 5. The van der Waals surface area contributed by atoms with E-state index in [9.17, 15) is 65.4 Å². The molecule has 2 bridgehead atoms. The van der Waals surface area contributed by atoms with Gasteiger partial charge in [-0.3, -0.25) is 15.0 Å². The number of amides is 2. The van der Waals surface area contributed by atoms with Crippen LogP contribution in [-0.2, 0) is 33.3 Å². The van der Waals surface area contributed by atoms with Gasteiger partial charge in [0.2, 0.25) is 5.91 Å². The molecule has 0 aromatic heterocycles. The first-order chi connectivity index (χ1) is 33.0. The lowest BCUT2D eigenvalue weighted by atomic mass is 9.82. The summed E-state index contributed by atoms with van der Waals surface area (Å²) in [6.07, 6.45) is 1.93. The molecular weight excluding hydrogens is 919 g/mol. The highest BCUT2D eigenvalue weighted by Gasteiger charge is 2.51. The summed E-state index contributed by atoms with van der Waals surface area (Å²) in [5.41, 5.74) is 10.2. The van der Waals surface area contributed by atoms with Crippen LogP contribution in [0.15, 0.2) is 85.1 Å². The molecule has 0 unspecified atom stereocenters. The molecule has 21 nitrogen and oxygen atoms in total. The van der Waals surface area contributed by atoms with E-state index in [0.29, 0.717) is 0 Å². The largest absolute Gasteiger partial charge is 0.462 e. The Balaban J connectivity index is 1.93. The van der Waals surface area contributed by atoms with Crippen LogP contribution in [0.2, 0.25) is 0 Å². The van der Waals surface area contributed by atoms with E-state index in [2.05, 4.69) is 10.2 Å². The van der Waals surface area contributed by atoms with Crippen LogP contribution in [0, 0.1) is 17.8 Å². The summed E-state index contributed by atoms with van der Waals surface area (Å²) in [7, 11) is 1.06. The van der Waals surface area contributed by atoms with Gasteiger partial charge in [0.25, 0.3) is 0 Å². The number of esters is 1. The molecule has 0 spiro atoms. The molecule has 0 aromatic carbocycles. The van der Waals surface area contributed by atoms with Crippen molar-refractivity contribution in [3.05, 3.63) is 85.1 Å². The number of hydrogen-bond acceptors (Lipinski definition) is 19. The Bertz CT molecular complexity index is 1830. The molecule has 0 aliphatic carbocycles. The molecule has 3 aliphatic rings. The molecule has 3 heterocycles. The molecule has 3 rings (SSSR count). The van der Waals surface area contributed by atoms with Gasteiger partial charge in [0.1, 0.15) is 12.2 Å². The number of rotatable bonds is 3. The van der Waals surface area contributed by atoms with Crippen LogP contribution in [0.5, 0.6) is 0 Å². The van der Waals surface area contributed by atoms with Crippen LogP contribution in [0.1, 0.15) is 79.1 Å². The number of methoxy groups -OCH3 is 1. The maximum absolute atomic E-state index is 13.5. The minimum Gasteiger partial charge on any atom is -0.462 e. The quantitative estimate of drug-likeness (QED) is 0.131. The summed E-state index contributed by atoms with van der Waals surface area (Å²) >= 11 is 0. The third-order valence-corrected chi connectivity index (χ3v) is 12.5. The summed E-state index contributed by atoms with van der Waals surface area (Å²) in [6, 6.07) is -1.17. The second-order valence-corrected chi connectivity index (χ2v) is 18.3. The number of carbonyl (C=O) groups is 3. The number of hydrazine groups is 1. The van der Waals surface area contributed by atoms with Crippen molar-refractivity contribution < 1.29 is 89.1 Å². The topological polar surface area (TPSA) is 350 Å². The van der Waals surface area contributed by atoms with Gasteiger partial charge < -0.3 is 80.5 Å². The fourth-order valence-corrected chi connectivity index (χ4v) is 8.24. The lowest BCUT2D eigenvalue weighted by Crippen LogP contribution is -2.62. The SMILES string of the molecule is COC(=O)NNC(=O)[C@H]1[C@@H]2C[C@@H](O[C@@H]3O[C@H](C)[C@@H](O)[C@H](N)[C@@H]3O)/C=C/C=C\C=C/C=C\C=C/C=C\C=C/[C@H](C)[C@@H](O)[C@@H](C)[C@H](C)OC(=O)C[C@H](O)C[C@H](O)CC[C@@H](O)[C@H](O)C[C@H](O)C[C@](O)(C[C@@H]1O)O2. The Morgan fingerprint density at radius 2 is 1.26 bits per heavy atom. The van der Waals surface area contributed by atoms with E-state index < -0.39 is 153 Å². The van der Waals surface area contributed by atoms with Crippen molar-refractivity contribution in [3.63, 3.8) is 0 Å². The van der Waals surface area contributed by atoms with E-state index in [0.717, 1.165) is 7.11 Å².